The first-order valence-electron chi connectivity index (χ1n) is 8.30. The molecule has 2 aliphatic rings. The van der Waals surface area contributed by atoms with Crippen molar-refractivity contribution in [2.75, 3.05) is 33.4 Å². The van der Waals surface area contributed by atoms with Gasteiger partial charge in [0.1, 0.15) is 0 Å². The molecule has 0 aromatic rings. The van der Waals surface area contributed by atoms with Gasteiger partial charge in [-0.3, -0.25) is 9.59 Å². The Morgan fingerprint density at radius 1 is 1.41 bits per heavy atom. The molecule has 6 nitrogen and oxygen atoms in total. The van der Waals surface area contributed by atoms with E-state index in [9.17, 15) is 14.7 Å². The van der Waals surface area contributed by atoms with Crippen LogP contribution in [-0.4, -0.2) is 61.3 Å². The summed E-state index contributed by atoms with van der Waals surface area (Å²) < 4.78 is 5.05. The van der Waals surface area contributed by atoms with E-state index in [-0.39, 0.29) is 5.91 Å². The Labute approximate surface area is 132 Å². The molecule has 22 heavy (non-hydrogen) atoms. The number of piperidine rings is 1. The van der Waals surface area contributed by atoms with Crippen LogP contribution in [0.25, 0.3) is 0 Å². The van der Waals surface area contributed by atoms with Gasteiger partial charge in [-0.2, -0.15) is 0 Å². The van der Waals surface area contributed by atoms with Crippen molar-refractivity contribution < 1.29 is 19.4 Å². The smallest absolute Gasteiger partial charge is 0.310 e. The number of likely N-dealkylation sites (tertiary alicyclic amines) is 1. The average molecular weight is 312 g/mol. The Kier molecular flexibility index (Phi) is 6.20. The normalized spacial score (nSPS) is 25.9. The fraction of sp³-hybridized carbons (Fsp3) is 0.875. The second kappa shape index (κ2) is 7.92. The van der Waals surface area contributed by atoms with Gasteiger partial charge in [0, 0.05) is 39.3 Å². The first-order chi connectivity index (χ1) is 10.6. The first-order valence-corrected chi connectivity index (χ1v) is 8.30. The summed E-state index contributed by atoms with van der Waals surface area (Å²) in [4.78, 5) is 25.7. The largest absolute Gasteiger partial charge is 0.481 e. The third-order valence-electron chi connectivity index (χ3n) is 4.71. The number of aliphatic carboxylic acids is 1. The topological polar surface area (TPSA) is 78.9 Å². The number of ether oxygens (including phenoxy) is 1. The fourth-order valence-electron chi connectivity index (χ4n) is 3.25. The second-order valence-electron chi connectivity index (χ2n) is 6.65. The Morgan fingerprint density at radius 3 is 2.82 bits per heavy atom. The number of hydrogen-bond donors (Lipinski definition) is 2. The molecule has 1 saturated carbocycles. The standard InChI is InChI=1S/C16H28N2O4/c1-22-11-3-8-16(15(20)21)7-2-9-18(12-16)10-6-14(19)17-13-4-5-13/h13H,2-12H2,1H3,(H,17,19)(H,20,21)/t16-/m0/s1. The molecule has 1 saturated heterocycles. The van der Waals surface area contributed by atoms with Crippen LogP contribution < -0.4 is 5.32 Å². The summed E-state index contributed by atoms with van der Waals surface area (Å²) >= 11 is 0. The van der Waals surface area contributed by atoms with Crippen LogP contribution in [0.4, 0.5) is 0 Å². The van der Waals surface area contributed by atoms with E-state index in [0.29, 0.717) is 38.6 Å². The number of carboxylic acid groups (broad SMARTS) is 1. The molecule has 0 aromatic carbocycles. The van der Waals surface area contributed by atoms with Crippen molar-refractivity contribution in [2.45, 2.75) is 51.0 Å². The summed E-state index contributed by atoms with van der Waals surface area (Å²) in [5.41, 5.74) is -0.677. The SMILES string of the molecule is COCCC[C@@]1(C(=O)O)CCCN(CCC(=O)NC2CC2)C1. The van der Waals surface area contributed by atoms with Crippen LogP contribution in [0.1, 0.15) is 44.9 Å². The van der Waals surface area contributed by atoms with E-state index in [1.165, 1.54) is 0 Å². The molecule has 2 rings (SSSR count). The fourth-order valence-corrected chi connectivity index (χ4v) is 3.25. The van der Waals surface area contributed by atoms with Gasteiger partial charge in [0.2, 0.25) is 5.91 Å². The molecule has 2 N–H and O–H groups in total. The quantitative estimate of drug-likeness (QED) is 0.626. The van der Waals surface area contributed by atoms with Gasteiger partial charge in [0.15, 0.2) is 0 Å². The molecule has 1 heterocycles. The maximum Gasteiger partial charge on any atom is 0.310 e. The zero-order valence-corrected chi connectivity index (χ0v) is 13.5. The van der Waals surface area contributed by atoms with E-state index >= 15 is 0 Å². The molecule has 1 aliphatic heterocycles. The summed E-state index contributed by atoms with van der Waals surface area (Å²) in [5.74, 6) is -0.621. The van der Waals surface area contributed by atoms with Crippen LogP contribution in [-0.2, 0) is 14.3 Å². The van der Waals surface area contributed by atoms with Crippen molar-refractivity contribution in [3.05, 3.63) is 0 Å². The Balaban J connectivity index is 1.81. The average Bonchev–Trinajstić information content (AvgIpc) is 3.29. The molecular weight excluding hydrogens is 284 g/mol. The van der Waals surface area contributed by atoms with Crippen LogP contribution in [0.15, 0.2) is 0 Å². The zero-order chi connectivity index (χ0) is 16.0. The summed E-state index contributed by atoms with van der Waals surface area (Å²) in [7, 11) is 1.64. The van der Waals surface area contributed by atoms with Crippen molar-refractivity contribution >= 4 is 11.9 Å². The van der Waals surface area contributed by atoms with Crippen molar-refractivity contribution in [3.8, 4) is 0 Å². The molecule has 0 aromatic heterocycles. The minimum absolute atomic E-state index is 0.0911. The lowest BCUT2D eigenvalue weighted by Gasteiger charge is -2.40. The molecule has 0 bridgehead atoms. The van der Waals surface area contributed by atoms with E-state index in [0.717, 1.165) is 38.6 Å². The van der Waals surface area contributed by atoms with Crippen LogP contribution >= 0.6 is 0 Å². The van der Waals surface area contributed by atoms with Crippen molar-refractivity contribution in [1.82, 2.24) is 10.2 Å². The summed E-state index contributed by atoms with van der Waals surface area (Å²) in [6.45, 7) is 2.68. The van der Waals surface area contributed by atoms with Crippen LogP contribution in [0, 0.1) is 5.41 Å². The predicted molar refractivity (Wildman–Crippen MR) is 82.6 cm³/mol. The van der Waals surface area contributed by atoms with Crippen molar-refractivity contribution in [2.24, 2.45) is 5.41 Å². The Morgan fingerprint density at radius 2 is 2.18 bits per heavy atom. The lowest BCUT2D eigenvalue weighted by Crippen LogP contribution is -2.48. The van der Waals surface area contributed by atoms with E-state index in [4.69, 9.17) is 4.74 Å². The molecule has 126 valence electrons. The number of carboxylic acids is 1. The molecule has 1 amide bonds. The van der Waals surface area contributed by atoms with Gasteiger partial charge in [-0.15, -0.1) is 0 Å². The summed E-state index contributed by atoms with van der Waals surface area (Å²) in [6.07, 6.45) is 5.65. The second-order valence-corrected chi connectivity index (χ2v) is 6.65. The molecule has 6 heteroatoms. The number of methoxy groups -OCH3 is 1. The summed E-state index contributed by atoms with van der Waals surface area (Å²) in [5, 5.41) is 12.6. The number of rotatable bonds is 9. The number of nitrogens with zero attached hydrogens (tertiary/aromatic N) is 1. The minimum Gasteiger partial charge on any atom is -0.481 e. The third-order valence-corrected chi connectivity index (χ3v) is 4.71. The highest BCUT2D eigenvalue weighted by atomic mass is 16.5. The van der Waals surface area contributed by atoms with Crippen LogP contribution in [0.3, 0.4) is 0 Å². The zero-order valence-electron chi connectivity index (χ0n) is 13.5. The number of carbonyl (C=O) groups is 2. The molecule has 0 spiro atoms. The summed E-state index contributed by atoms with van der Waals surface area (Å²) in [6, 6.07) is 0.390. The van der Waals surface area contributed by atoms with Gasteiger partial charge in [0.25, 0.3) is 0 Å². The van der Waals surface area contributed by atoms with Gasteiger partial charge in [-0.05, 0) is 45.1 Å². The molecule has 0 radical (unpaired) electrons. The molecule has 1 aliphatic carbocycles. The van der Waals surface area contributed by atoms with Gasteiger partial charge in [-0.25, -0.2) is 0 Å². The highest BCUT2D eigenvalue weighted by Crippen LogP contribution is 2.35. The van der Waals surface area contributed by atoms with Crippen LogP contribution in [0.2, 0.25) is 0 Å². The molecule has 0 unspecified atom stereocenters. The van der Waals surface area contributed by atoms with E-state index in [1.54, 1.807) is 7.11 Å². The highest BCUT2D eigenvalue weighted by molar-refractivity contribution is 5.77. The highest BCUT2D eigenvalue weighted by Gasteiger charge is 2.41. The lowest BCUT2D eigenvalue weighted by molar-refractivity contribution is -0.153. The number of nitrogens with one attached hydrogen (secondary N) is 1. The van der Waals surface area contributed by atoms with Gasteiger partial charge < -0.3 is 20.1 Å². The van der Waals surface area contributed by atoms with Crippen LogP contribution in [0.5, 0.6) is 0 Å². The number of amides is 1. The first kappa shape index (κ1) is 17.2. The minimum atomic E-state index is -0.712. The molecule has 2 fully saturated rings. The predicted octanol–water partition coefficient (Wildman–Crippen LogP) is 1.25. The van der Waals surface area contributed by atoms with Crippen molar-refractivity contribution in [1.29, 1.82) is 0 Å². The van der Waals surface area contributed by atoms with Crippen molar-refractivity contribution in [3.63, 3.8) is 0 Å². The Bertz CT molecular complexity index is 398. The van der Waals surface area contributed by atoms with Gasteiger partial charge >= 0.3 is 5.97 Å². The maximum atomic E-state index is 11.8. The third kappa shape index (κ3) is 4.95. The van der Waals surface area contributed by atoms with Gasteiger partial charge in [-0.1, -0.05) is 0 Å². The molecular formula is C16H28N2O4. The van der Waals surface area contributed by atoms with E-state index in [1.807, 2.05) is 0 Å². The molecule has 1 atom stereocenters. The maximum absolute atomic E-state index is 11.8. The van der Waals surface area contributed by atoms with E-state index < -0.39 is 11.4 Å². The monoisotopic (exact) mass is 312 g/mol. The number of carbonyl (C=O) groups excluding carboxylic acids is 1. The Hall–Kier alpha value is -1.14. The number of hydrogen-bond acceptors (Lipinski definition) is 4. The lowest BCUT2D eigenvalue weighted by atomic mass is 9.76. The van der Waals surface area contributed by atoms with Gasteiger partial charge in [0.05, 0.1) is 5.41 Å². The van der Waals surface area contributed by atoms with E-state index in [2.05, 4.69) is 10.2 Å².